The summed E-state index contributed by atoms with van der Waals surface area (Å²) in [5.41, 5.74) is 1.25. The number of fused-ring (bicyclic) bond motifs is 1. The second kappa shape index (κ2) is 6.21. The van der Waals surface area contributed by atoms with Crippen LogP contribution in [0.15, 0.2) is 11.4 Å². The van der Waals surface area contributed by atoms with Crippen molar-refractivity contribution in [1.29, 1.82) is 0 Å². The van der Waals surface area contributed by atoms with Crippen LogP contribution in [0.25, 0.3) is 0 Å². The number of hydrogen-bond donors (Lipinski definition) is 0. The van der Waals surface area contributed by atoms with Crippen LogP contribution in [-0.2, 0) is 11.2 Å². The van der Waals surface area contributed by atoms with Crippen molar-refractivity contribution in [2.75, 3.05) is 38.5 Å². The molecule has 0 spiro atoms. The largest absolute Gasteiger partial charge is 0.339 e. The molecular weight excluding hydrogens is 288 g/mol. The van der Waals surface area contributed by atoms with Gasteiger partial charge in [-0.2, -0.15) is 0 Å². The molecule has 5 heteroatoms. The number of thiophene rings is 1. The van der Waals surface area contributed by atoms with Gasteiger partial charge >= 0.3 is 0 Å². The van der Waals surface area contributed by atoms with Crippen LogP contribution in [-0.4, -0.2) is 54.2 Å². The van der Waals surface area contributed by atoms with Gasteiger partial charge in [-0.15, -0.1) is 29.5 Å². The fourth-order valence-electron chi connectivity index (χ4n) is 2.77. The molecular formula is C15H18N2OS2. The molecule has 0 aliphatic carbocycles. The molecule has 0 N–H and O–H groups in total. The lowest BCUT2D eigenvalue weighted by Crippen LogP contribution is -2.49. The van der Waals surface area contributed by atoms with Crippen molar-refractivity contribution in [2.45, 2.75) is 11.7 Å². The van der Waals surface area contributed by atoms with Crippen LogP contribution < -0.4 is 0 Å². The highest BCUT2D eigenvalue weighted by Gasteiger charge is 2.32. The maximum atomic E-state index is 12.7. The number of amides is 1. The maximum Gasteiger partial charge on any atom is 0.240 e. The number of thioether (sulfide) groups is 1. The zero-order valence-corrected chi connectivity index (χ0v) is 13.0. The van der Waals surface area contributed by atoms with E-state index in [1.54, 1.807) is 23.1 Å². The van der Waals surface area contributed by atoms with Crippen LogP contribution >= 0.6 is 23.1 Å². The van der Waals surface area contributed by atoms with Crippen molar-refractivity contribution in [3.63, 3.8) is 0 Å². The lowest BCUT2D eigenvalue weighted by atomic mass is 10.1. The third kappa shape index (κ3) is 2.73. The van der Waals surface area contributed by atoms with Gasteiger partial charge < -0.3 is 4.90 Å². The molecule has 20 heavy (non-hydrogen) atoms. The number of piperazine rings is 1. The lowest BCUT2D eigenvalue weighted by Gasteiger charge is -2.36. The number of carbonyl (C=O) groups excluding carboxylic acids is 1. The predicted molar refractivity (Wildman–Crippen MR) is 85.1 cm³/mol. The summed E-state index contributed by atoms with van der Waals surface area (Å²) in [6.07, 6.45) is 6.45. The van der Waals surface area contributed by atoms with Gasteiger partial charge in [-0.3, -0.25) is 9.69 Å². The Bertz CT molecular complexity index is 526. The number of carbonyl (C=O) groups is 1. The van der Waals surface area contributed by atoms with Gasteiger partial charge in [-0.1, -0.05) is 5.92 Å². The summed E-state index contributed by atoms with van der Waals surface area (Å²) in [5.74, 6) is 4.02. The first-order valence-corrected chi connectivity index (χ1v) is 8.85. The molecule has 1 amide bonds. The molecule has 3 heterocycles. The zero-order chi connectivity index (χ0) is 13.9. The normalized spacial score (nSPS) is 23.1. The quantitative estimate of drug-likeness (QED) is 0.779. The molecule has 1 atom stereocenters. The minimum atomic E-state index is 0.0178. The average Bonchev–Trinajstić information content (AvgIpc) is 2.96. The molecule has 0 radical (unpaired) electrons. The van der Waals surface area contributed by atoms with E-state index in [9.17, 15) is 4.79 Å². The maximum absolute atomic E-state index is 12.7. The Balaban J connectivity index is 1.65. The number of nitrogens with zero attached hydrogens (tertiary/aromatic N) is 2. The Labute approximate surface area is 128 Å². The van der Waals surface area contributed by atoms with Crippen molar-refractivity contribution in [2.24, 2.45) is 0 Å². The molecule has 0 aromatic carbocycles. The van der Waals surface area contributed by atoms with E-state index in [-0.39, 0.29) is 11.2 Å². The van der Waals surface area contributed by atoms with E-state index in [4.69, 9.17) is 6.42 Å². The molecule has 1 aromatic rings. The Morgan fingerprint density at radius 2 is 2.20 bits per heavy atom. The number of aryl methyl sites for hydroxylation is 1. The molecule has 1 aromatic heterocycles. The summed E-state index contributed by atoms with van der Waals surface area (Å²) in [6.45, 7) is 4.08. The van der Waals surface area contributed by atoms with E-state index in [0.717, 1.165) is 38.4 Å². The Morgan fingerprint density at radius 3 is 2.95 bits per heavy atom. The fourth-order valence-corrected chi connectivity index (χ4v) is 5.15. The highest BCUT2D eigenvalue weighted by molar-refractivity contribution is 8.00. The third-order valence-electron chi connectivity index (χ3n) is 3.90. The molecule has 3 rings (SSSR count). The van der Waals surface area contributed by atoms with E-state index < -0.39 is 0 Å². The van der Waals surface area contributed by atoms with Gasteiger partial charge in [0.15, 0.2) is 0 Å². The van der Waals surface area contributed by atoms with Crippen molar-refractivity contribution >= 4 is 29.0 Å². The fraction of sp³-hybridized carbons (Fsp3) is 0.533. The minimum absolute atomic E-state index is 0.0178. The van der Waals surface area contributed by atoms with Gasteiger partial charge in [-0.05, 0) is 29.2 Å². The van der Waals surface area contributed by atoms with Gasteiger partial charge in [-0.25, -0.2) is 0 Å². The van der Waals surface area contributed by atoms with Crippen LogP contribution in [0.1, 0.15) is 15.7 Å². The van der Waals surface area contributed by atoms with Gasteiger partial charge in [0.2, 0.25) is 5.91 Å². The smallest absolute Gasteiger partial charge is 0.240 e. The lowest BCUT2D eigenvalue weighted by molar-refractivity contribution is -0.132. The third-order valence-corrected chi connectivity index (χ3v) is 6.12. The average molecular weight is 306 g/mol. The summed E-state index contributed by atoms with van der Waals surface area (Å²) in [5, 5.41) is 2.13. The number of rotatable bonds is 2. The van der Waals surface area contributed by atoms with Crippen LogP contribution in [0.3, 0.4) is 0 Å². The molecule has 0 saturated carbocycles. The first-order chi connectivity index (χ1) is 9.79. The van der Waals surface area contributed by atoms with Crippen LogP contribution in [0, 0.1) is 12.3 Å². The predicted octanol–water partition coefficient (Wildman–Crippen LogP) is 1.86. The summed E-state index contributed by atoms with van der Waals surface area (Å²) < 4.78 is 0. The minimum Gasteiger partial charge on any atom is -0.339 e. The Hall–Kier alpha value is -0.960. The Morgan fingerprint density at radius 1 is 1.40 bits per heavy atom. The van der Waals surface area contributed by atoms with E-state index in [2.05, 4.69) is 22.3 Å². The molecule has 2 aliphatic rings. The topological polar surface area (TPSA) is 23.6 Å². The summed E-state index contributed by atoms with van der Waals surface area (Å²) in [4.78, 5) is 18.4. The standard InChI is InChI=1S/C15H18N2OS2/c1-2-5-16-6-8-17(9-7-16)15(18)14-12-3-10-19-13(12)4-11-20-14/h1,3,10,14H,4-9,11H2. The highest BCUT2D eigenvalue weighted by atomic mass is 32.2. The molecule has 1 saturated heterocycles. The van der Waals surface area contributed by atoms with Crippen LogP contribution in [0.5, 0.6) is 0 Å². The van der Waals surface area contributed by atoms with Gasteiger partial charge in [0.05, 0.1) is 6.54 Å². The van der Waals surface area contributed by atoms with Gasteiger partial charge in [0.25, 0.3) is 0 Å². The molecule has 106 valence electrons. The molecule has 1 unspecified atom stereocenters. The van der Waals surface area contributed by atoms with E-state index in [1.807, 2.05) is 4.90 Å². The van der Waals surface area contributed by atoms with Crippen molar-refractivity contribution in [1.82, 2.24) is 9.80 Å². The zero-order valence-electron chi connectivity index (χ0n) is 11.4. The summed E-state index contributed by atoms with van der Waals surface area (Å²) in [6, 6.07) is 2.13. The highest BCUT2D eigenvalue weighted by Crippen LogP contribution is 2.40. The molecule has 3 nitrogen and oxygen atoms in total. The van der Waals surface area contributed by atoms with Gasteiger partial charge in [0, 0.05) is 31.1 Å². The first-order valence-electron chi connectivity index (χ1n) is 6.92. The van der Waals surface area contributed by atoms with E-state index >= 15 is 0 Å². The monoisotopic (exact) mass is 306 g/mol. The number of hydrogen-bond acceptors (Lipinski definition) is 4. The summed E-state index contributed by atoms with van der Waals surface area (Å²) >= 11 is 3.58. The van der Waals surface area contributed by atoms with Crippen molar-refractivity contribution < 1.29 is 4.79 Å². The van der Waals surface area contributed by atoms with Crippen molar-refractivity contribution in [3.8, 4) is 12.3 Å². The SMILES string of the molecule is C#CCN1CCN(C(=O)C2SCCc3sccc32)CC1. The number of terminal acetylenes is 1. The molecule has 0 bridgehead atoms. The van der Waals surface area contributed by atoms with Crippen LogP contribution in [0.2, 0.25) is 0 Å². The first kappa shape index (κ1) is 14.0. The summed E-state index contributed by atoms with van der Waals surface area (Å²) in [7, 11) is 0. The molecule has 2 aliphatic heterocycles. The van der Waals surface area contributed by atoms with Gasteiger partial charge in [0.1, 0.15) is 5.25 Å². The van der Waals surface area contributed by atoms with E-state index in [0.29, 0.717) is 6.54 Å². The molecule has 1 fully saturated rings. The van der Waals surface area contributed by atoms with Crippen LogP contribution in [0.4, 0.5) is 0 Å². The Kier molecular flexibility index (Phi) is 4.35. The van der Waals surface area contributed by atoms with E-state index in [1.165, 1.54) is 10.4 Å². The second-order valence-corrected chi connectivity index (χ2v) is 7.32. The second-order valence-electron chi connectivity index (χ2n) is 5.11. The van der Waals surface area contributed by atoms with Crippen molar-refractivity contribution in [3.05, 3.63) is 21.9 Å².